The van der Waals surface area contributed by atoms with E-state index < -0.39 is 13.3 Å². The molecule has 0 aliphatic rings. The maximum atomic E-state index is 10.4. The van der Waals surface area contributed by atoms with Crippen LogP contribution in [0.15, 0.2) is 24.3 Å². The third-order valence-corrected chi connectivity index (χ3v) is 6.10. The van der Waals surface area contributed by atoms with Crippen molar-refractivity contribution in [3.8, 4) is 5.75 Å². The van der Waals surface area contributed by atoms with Crippen LogP contribution in [-0.2, 0) is 5.22 Å². The molecule has 0 aliphatic carbocycles. The van der Waals surface area contributed by atoms with Crippen LogP contribution in [0.2, 0.25) is 19.6 Å². The highest BCUT2D eigenvalue weighted by atomic mass is 28.3. The maximum absolute atomic E-state index is 10.4. The van der Waals surface area contributed by atoms with Crippen molar-refractivity contribution in [1.82, 2.24) is 0 Å². The molecule has 3 heteroatoms. The first-order chi connectivity index (χ1) is 6.25. The Bertz CT molecular complexity index is 309. The predicted molar refractivity (Wildman–Crippen MR) is 61.0 cm³/mol. The molecule has 0 aromatic heterocycles. The van der Waals surface area contributed by atoms with E-state index in [1.165, 1.54) is 0 Å². The number of hydrogen-bond acceptors (Lipinski definition) is 2. The highest BCUT2D eigenvalue weighted by molar-refractivity contribution is 6.78. The summed E-state index contributed by atoms with van der Waals surface area (Å²) in [6, 6.07) is 6.80. The van der Waals surface area contributed by atoms with Crippen LogP contribution in [0.1, 0.15) is 12.5 Å². The minimum absolute atomic E-state index is 0.236. The molecular formula is C11H18O2Si. The summed E-state index contributed by atoms with van der Waals surface area (Å²) < 4.78 is 0. The molecule has 14 heavy (non-hydrogen) atoms. The lowest BCUT2D eigenvalue weighted by Crippen LogP contribution is -2.47. The van der Waals surface area contributed by atoms with Crippen LogP contribution in [0, 0.1) is 0 Å². The standard InChI is InChI=1S/C11H18O2Si/c1-11(13,14(2,3)4)9-5-7-10(12)8-6-9/h5-8,12-13H,1-4H3. The van der Waals surface area contributed by atoms with Crippen molar-refractivity contribution in [3.63, 3.8) is 0 Å². The molecule has 0 saturated heterocycles. The van der Waals surface area contributed by atoms with Gasteiger partial charge < -0.3 is 10.2 Å². The van der Waals surface area contributed by atoms with Crippen molar-refractivity contribution >= 4 is 8.07 Å². The van der Waals surface area contributed by atoms with E-state index in [0.29, 0.717) is 0 Å². The van der Waals surface area contributed by atoms with Gasteiger partial charge in [0.25, 0.3) is 0 Å². The molecular weight excluding hydrogens is 192 g/mol. The van der Waals surface area contributed by atoms with Gasteiger partial charge in [0.1, 0.15) is 5.75 Å². The Kier molecular flexibility index (Phi) is 2.74. The second-order valence-corrected chi connectivity index (χ2v) is 10.3. The molecule has 1 aromatic carbocycles. The molecule has 0 amide bonds. The zero-order chi connectivity index (χ0) is 11.0. The predicted octanol–water partition coefficient (Wildman–Crippen LogP) is 2.48. The highest BCUT2D eigenvalue weighted by Gasteiger charge is 2.38. The molecule has 2 N–H and O–H groups in total. The van der Waals surface area contributed by atoms with E-state index >= 15 is 0 Å². The van der Waals surface area contributed by atoms with Crippen LogP contribution >= 0.6 is 0 Å². The molecule has 0 bridgehead atoms. The molecule has 1 aromatic rings. The van der Waals surface area contributed by atoms with Gasteiger partial charge in [-0.15, -0.1) is 0 Å². The second-order valence-electron chi connectivity index (χ2n) is 4.87. The van der Waals surface area contributed by atoms with Gasteiger partial charge in [-0.3, -0.25) is 0 Å². The number of hydrogen-bond donors (Lipinski definition) is 2. The average Bonchev–Trinajstić information content (AvgIpc) is 2.03. The normalized spacial score (nSPS) is 16.4. The number of aromatic hydroxyl groups is 1. The van der Waals surface area contributed by atoms with E-state index in [1.54, 1.807) is 24.3 Å². The van der Waals surface area contributed by atoms with Crippen LogP contribution in [0.4, 0.5) is 0 Å². The lowest BCUT2D eigenvalue weighted by Gasteiger charge is -2.36. The fraction of sp³-hybridized carbons (Fsp3) is 0.455. The van der Waals surface area contributed by atoms with Gasteiger partial charge >= 0.3 is 0 Å². The second kappa shape index (κ2) is 3.40. The summed E-state index contributed by atoms with van der Waals surface area (Å²) >= 11 is 0. The Balaban J connectivity index is 3.10. The Hall–Kier alpha value is -0.803. The number of phenolic OH excluding ortho intramolecular Hbond substituents is 1. The smallest absolute Gasteiger partial charge is 0.115 e. The maximum Gasteiger partial charge on any atom is 0.115 e. The topological polar surface area (TPSA) is 40.5 Å². The van der Waals surface area contributed by atoms with Crippen LogP contribution < -0.4 is 0 Å². The molecule has 0 aliphatic heterocycles. The third-order valence-electron chi connectivity index (χ3n) is 2.89. The average molecular weight is 210 g/mol. The largest absolute Gasteiger partial charge is 0.508 e. The molecule has 0 spiro atoms. The van der Waals surface area contributed by atoms with Crippen molar-refractivity contribution < 1.29 is 10.2 Å². The molecule has 0 radical (unpaired) electrons. The van der Waals surface area contributed by atoms with Gasteiger partial charge in [-0.2, -0.15) is 0 Å². The molecule has 1 atom stereocenters. The van der Waals surface area contributed by atoms with Crippen molar-refractivity contribution in [3.05, 3.63) is 29.8 Å². The number of aliphatic hydroxyl groups is 1. The zero-order valence-electron chi connectivity index (χ0n) is 9.20. The summed E-state index contributed by atoms with van der Waals surface area (Å²) in [5.41, 5.74) is 0.884. The zero-order valence-corrected chi connectivity index (χ0v) is 10.2. The monoisotopic (exact) mass is 210 g/mol. The Morgan fingerprint density at radius 3 is 1.86 bits per heavy atom. The van der Waals surface area contributed by atoms with E-state index in [0.717, 1.165) is 5.56 Å². The van der Waals surface area contributed by atoms with Crippen molar-refractivity contribution in [2.75, 3.05) is 0 Å². The van der Waals surface area contributed by atoms with E-state index in [4.69, 9.17) is 5.11 Å². The number of rotatable bonds is 2. The van der Waals surface area contributed by atoms with E-state index in [-0.39, 0.29) is 5.75 Å². The van der Waals surface area contributed by atoms with Gasteiger partial charge in [-0.05, 0) is 24.6 Å². The van der Waals surface area contributed by atoms with Gasteiger partial charge in [0.05, 0.1) is 13.3 Å². The summed E-state index contributed by atoms with van der Waals surface area (Å²) in [5, 5.41) is 18.8. The van der Waals surface area contributed by atoms with E-state index in [9.17, 15) is 5.11 Å². The van der Waals surface area contributed by atoms with Gasteiger partial charge in [-0.25, -0.2) is 0 Å². The van der Waals surface area contributed by atoms with Gasteiger partial charge in [0, 0.05) is 0 Å². The quantitative estimate of drug-likeness (QED) is 0.736. The van der Waals surface area contributed by atoms with Crippen molar-refractivity contribution in [1.29, 1.82) is 0 Å². The molecule has 2 nitrogen and oxygen atoms in total. The molecule has 0 heterocycles. The minimum Gasteiger partial charge on any atom is -0.508 e. The summed E-state index contributed by atoms with van der Waals surface area (Å²) in [5.74, 6) is 0.236. The number of phenols is 1. The van der Waals surface area contributed by atoms with Crippen molar-refractivity contribution in [2.45, 2.75) is 31.8 Å². The first-order valence-electron chi connectivity index (χ1n) is 4.77. The van der Waals surface area contributed by atoms with Crippen LogP contribution in [-0.4, -0.2) is 18.3 Å². The SMILES string of the molecule is CC(O)(c1ccc(O)cc1)[Si](C)(C)C. The fourth-order valence-corrected chi connectivity index (χ4v) is 2.25. The first-order valence-corrected chi connectivity index (χ1v) is 8.27. The van der Waals surface area contributed by atoms with E-state index in [1.807, 2.05) is 6.92 Å². The van der Waals surface area contributed by atoms with Crippen LogP contribution in [0.25, 0.3) is 0 Å². The Morgan fingerprint density at radius 1 is 1.07 bits per heavy atom. The summed E-state index contributed by atoms with van der Waals surface area (Å²) in [6.07, 6.45) is 0. The van der Waals surface area contributed by atoms with E-state index in [2.05, 4.69) is 19.6 Å². The lowest BCUT2D eigenvalue weighted by atomic mass is 10.1. The molecule has 0 saturated carbocycles. The number of benzene rings is 1. The van der Waals surface area contributed by atoms with Crippen LogP contribution in [0.3, 0.4) is 0 Å². The van der Waals surface area contributed by atoms with Crippen LogP contribution in [0.5, 0.6) is 5.75 Å². The molecule has 1 rings (SSSR count). The first kappa shape index (κ1) is 11.3. The summed E-state index contributed by atoms with van der Waals surface area (Å²) in [6.45, 7) is 8.23. The molecule has 1 unspecified atom stereocenters. The highest BCUT2D eigenvalue weighted by Crippen LogP contribution is 2.31. The Morgan fingerprint density at radius 2 is 1.50 bits per heavy atom. The molecule has 78 valence electrons. The van der Waals surface area contributed by atoms with Gasteiger partial charge in [0.2, 0.25) is 0 Å². The lowest BCUT2D eigenvalue weighted by molar-refractivity contribution is 0.136. The van der Waals surface area contributed by atoms with Gasteiger partial charge in [-0.1, -0.05) is 31.8 Å². The fourth-order valence-electron chi connectivity index (χ4n) is 1.22. The minimum atomic E-state index is -1.67. The third kappa shape index (κ3) is 1.99. The Labute approximate surface area is 86.2 Å². The summed E-state index contributed by atoms with van der Waals surface area (Å²) in [4.78, 5) is 0. The van der Waals surface area contributed by atoms with Crippen molar-refractivity contribution in [2.24, 2.45) is 0 Å². The summed E-state index contributed by atoms with van der Waals surface area (Å²) in [7, 11) is -1.67. The molecule has 0 fully saturated rings. The van der Waals surface area contributed by atoms with Gasteiger partial charge in [0.15, 0.2) is 0 Å².